The number of hydrogen-bond acceptors (Lipinski definition) is 9. The highest BCUT2D eigenvalue weighted by Crippen LogP contribution is 2.40. The lowest BCUT2D eigenvalue weighted by Crippen LogP contribution is -2.16. The Kier molecular flexibility index (Phi) is 10.4. The van der Waals surface area contributed by atoms with Gasteiger partial charge in [-0.2, -0.15) is 0 Å². The Morgan fingerprint density at radius 3 is 1.94 bits per heavy atom. The molecule has 35 heavy (non-hydrogen) atoms. The van der Waals surface area contributed by atoms with Crippen LogP contribution in [0, 0.1) is 6.92 Å². The van der Waals surface area contributed by atoms with Gasteiger partial charge in [0.1, 0.15) is 9.88 Å². The zero-order valence-corrected chi connectivity index (χ0v) is 22.1. The third kappa shape index (κ3) is 6.88. The van der Waals surface area contributed by atoms with E-state index >= 15 is 0 Å². The first-order valence-corrected chi connectivity index (χ1v) is 12.4. The monoisotopic (exact) mass is 507 g/mol. The molecule has 1 amide bonds. The molecule has 10 heteroatoms. The second-order valence-electron chi connectivity index (χ2n) is 7.49. The number of nitrogens with one attached hydrogen (secondary N) is 1. The fourth-order valence-corrected chi connectivity index (χ4v) is 4.28. The smallest absolute Gasteiger partial charge is 0.348 e. The summed E-state index contributed by atoms with van der Waals surface area (Å²) in [6, 6.07) is 3.09. The molecule has 0 saturated heterocycles. The molecule has 1 aromatic heterocycles. The fourth-order valence-electron chi connectivity index (χ4n) is 3.21. The highest BCUT2D eigenvalue weighted by Gasteiger charge is 2.28. The number of thiophene rings is 1. The zero-order valence-electron chi connectivity index (χ0n) is 21.2. The minimum Gasteiger partial charge on any atom is -0.490 e. The fraction of sp³-hybridized carbons (Fsp3) is 0.480. The third-order valence-electron chi connectivity index (χ3n) is 4.55. The van der Waals surface area contributed by atoms with Crippen LogP contribution >= 0.6 is 11.3 Å². The van der Waals surface area contributed by atoms with Crippen LogP contribution in [0.4, 0.5) is 5.00 Å². The van der Waals surface area contributed by atoms with Crippen molar-refractivity contribution in [1.29, 1.82) is 0 Å². The first-order valence-electron chi connectivity index (χ1n) is 11.6. The second kappa shape index (κ2) is 13.0. The number of esters is 2. The average molecular weight is 508 g/mol. The van der Waals surface area contributed by atoms with Crippen molar-refractivity contribution in [2.45, 2.75) is 54.6 Å². The first kappa shape index (κ1) is 28.0. The van der Waals surface area contributed by atoms with Crippen LogP contribution in [0.1, 0.15) is 77.5 Å². The molecule has 0 spiro atoms. The molecule has 192 valence electrons. The maximum atomic E-state index is 13.3. The SMILES string of the molecule is CCOC(=O)c1c(NC(=O)c2cc(OCC)c(OCC)c(OCC)c2)sc(C(=O)OC(C)C)c1C. The van der Waals surface area contributed by atoms with E-state index in [1.165, 1.54) is 0 Å². The Bertz CT molecular complexity index is 1030. The number of carbonyl (C=O) groups excluding carboxylic acids is 3. The minimum atomic E-state index is -0.642. The molecule has 2 aromatic rings. The lowest BCUT2D eigenvalue weighted by atomic mass is 10.1. The van der Waals surface area contributed by atoms with Gasteiger partial charge in [0.2, 0.25) is 5.75 Å². The summed E-state index contributed by atoms with van der Waals surface area (Å²) in [6.07, 6.45) is -0.342. The Balaban J connectivity index is 2.52. The van der Waals surface area contributed by atoms with Gasteiger partial charge in [-0.1, -0.05) is 0 Å². The van der Waals surface area contributed by atoms with Gasteiger partial charge in [-0.15, -0.1) is 11.3 Å². The molecule has 0 aliphatic carbocycles. The van der Waals surface area contributed by atoms with E-state index in [4.69, 9.17) is 23.7 Å². The molecule has 0 aliphatic heterocycles. The molecule has 1 heterocycles. The summed E-state index contributed by atoms with van der Waals surface area (Å²) in [5.41, 5.74) is 0.723. The number of ether oxygens (including phenoxy) is 5. The van der Waals surface area contributed by atoms with Crippen LogP contribution in [0.25, 0.3) is 0 Å². The molecule has 0 unspecified atom stereocenters. The average Bonchev–Trinajstić information content (AvgIpc) is 3.11. The van der Waals surface area contributed by atoms with Gasteiger partial charge in [0, 0.05) is 5.56 Å². The van der Waals surface area contributed by atoms with Gasteiger partial charge >= 0.3 is 11.9 Å². The summed E-state index contributed by atoms with van der Waals surface area (Å²) in [7, 11) is 0. The summed E-state index contributed by atoms with van der Waals surface area (Å²) < 4.78 is 27.5. The van der Waals surface area contributed by atoms with E-state index in [0.29, 0.717) is 42.6 Å². The summed E-state index contributed by atoms with van der Waals surface area (Å²) in [6.45, 7) is 13.5. The van der Waals surface area contributed by atoms with Crippen molar-refractivity contribution in [2.75, 3.05) is 31.7 Å². The molecule has 0 atom stereocenters. The normalized spacial score (nSPS) is 10.6. The summed E-state index contributed by atoms with van der Waals surface area (Å²) in [5.74, 6) is -0.612. The van der Waals surface area contributed by atoms with Gasteiger partial charge in [-0.3, -0.25) is 4.79 Å². The largest absolute Gasteiger partial charge is 0.490 e. The van der Waals surface area contributed by atoms with Crippen LogP contribution in [-0.2, 0) is 9.47 Å². The second-order valence-corrected chi connectivity index (χ2v) is 8.51. The van der Waals surface area contributed by atoms with Crippen molar-refractivity contribution in [1.82, 2.24) is 0 Å². The van der Waals surface area contributed by atoms with Crippen molar-refractivity contribution < 1.29 is 38.1 Å². The van der Waals surface area contributed by atoms with Crippen LogP contribution in [0.2, 0.25) is 0 Å². The number of carbonyl (C=O) groups is 3. The Morgan fingerprint density at radius 2 is 1.46 bits per heavy atom. The lowest BCUT2D eigenvalue weighted by molar-refractivity contribution is 0.0383. The molecule has 2 rings (SSSR count). The molecule has 0 fully saturated rings. The van der Waals surface area contributed by atoms with Crippen LogP contribution < -0.4 is 19.5 Å². The summed E-state index contributed by atoms with van der Waals surface area (Å²) >= 11 is 0.959. The third-order valence-corrected chi connectivity index (χ3v) is 5.74. The maximum Gasteiger partial charge on any atom is 0.348 e. The Morgan fingerprint density at radius 1 is 0.886 bits per heavy atom. The predicted octanol–water partition coefficient (Wildman–Crippen LogP) is 5.25. The van der Waals surface area contributed by atoms with E-state index in [0.717, 1.165) is 11.3 Å². The standard InChI is InChI=1S/C25H33NO8S/c1-8-30-17-12-16(13-18(31-9-2)20(17)32-10-3)22(27)26-23-19(24(28)33-11-4)15(7)21(35-23)25(29)34-14(5)6/h12-14H,8-11H2,1-7H3,(H,26,27). The quantitative estimate of drug-likeness (QED) is 0.388. The van der Waals surface area contributed by atoms with Gasteiger partial charge in [0.05, 0.1) is 38.1 Å². The van der Waals surface area contributed by atoms with Gasteiger partial charge in [0.15, 0.2) is 11.5 Å². The predicted molar refractivity (Wildman–Crippen MR) is 133 cm³/mol. The van der Waals surface area contributed by atoms with Gasteiger partial charge in [0.25, 0.3) is 5.91 Å². The van der Waals surface area contributed by atoms with E-state index in [9.17, 15) is 14.4 Å². The zero-order chi connectivity index (χ0) is 26.1. The summed E-state index contributed by atoms with van der Waals surface area (Å²) in [4.78, 5) is 38.8. The van der Waals surface area contributed by atoms with E-state index in [1.54, 1.807) is 39.8 Å². The highest BCUT2D eigenvalue weighted by atomic mass is 32.1. The molecule has 1 aromatic carbocycles. The van der Waals surface area contributed by atoms with E-state index < -0.39 is 17.8 Å². The molecule has 0 bridgehead atoms. The van der Waals surface area contributed by atoms with Crippen molar-refractivity contribution in [3.05, 3.63) is 33.7 Å². The molecule has 0 radical (unpaired) electrons. The highest BCUT2D eigenvalue weighted by molar-refractivity contribution is 7.18. The summed E-state index contributed by atoms with van der Waals surface area (Å²) in [5, 5.41) is 2.93. The van der Waals surface area contributed by atoms with Crippen LogP contribution in [0.5, 0.6) is 17.2 Å². The Hall–Kier alpha value is -3.27. The molecular weight excluding hydrogens is 474 g/mol. The molecule has 1 N–H and O–H groups in total. The number of amides is 1. The van der Waals surface area contributed by atoms with Crippen molar-refractivity contribution in [2.24, 2.45) is 0 Å². The molecule has 0 saturated carbocycles. The Labute approximate surface area is 209 Å². The number of benzene rings is 1. The first-order chi connectivity index (χ1) is 16.7. The topological polar surface area (TPSA) is 109 Å². The van der Waals surface area contributed by atoms with Crippen LogP contribution in [-0.4, -0.2) is 50.4 Å². The van der Waals surface area contributed by atoms with E-state index in [2.05, 4.69) is 5.32 Å². The van der Waals surface area contributed by atoms with Crippen molar-refractivity contribution in [3.63, 3.8) is 0 Å². The van der Waals surface area contributed by atoms with Crippen LogP contribution in [0.3, 0.4) is 0 Å². The van der Waals surface area contributed by atoms with Crippen molar-refractivity contribution >= 4 is 34.2 Å². The molecule has 0 aliphatic rings. The minimum absolute atomic E-state index is 0.113. The maximum absolute atomic E-state index is 13.3. The van der Waals surface area contributed by atoms with E-state index in [1.807, 2.05) is 20.8 Å². The van der Waals surface area contributed by atoms with Gasteiger partial charge < -0.3 is 29.0 Å². The number of anilines is 1. The lowest BCUT2D eigenvalue weighted by Gasteiger charge is -2.17. The number of rotatable bonds is 12. The molecular formula is C25H33NO8S. The van der Waals surface area contributed by atoms with E-state index in [-0.39, 0.29) is 33.7 Å². The van der Waals surface area contributed by atoms with Crippen LogP contribution in [0.15, 0.2) is 12.1 Å². The van der Waals surface area contributed by atoms with Gasteiger partial charge in [-0.05, 0) is 66.2 Å². The number of hydrogen-bond donors (Lipinski definition) is 1. The van der Waals surface area contributed by atoms with Crippen molar-refractivity contribution in [3.8, 4) is 17.2 Å². The van der Waals surface area contributed by atoms with Gasteiger partial charge in [-0.25, -0.2) is 9.59 Å². The molecule has 9 nitrogen and oxygen atoms in total.